The van der Waals surface area contributed by atoms with E-state index in [1.165, 1.54) is 21.6 Å². The first-order valence-corrected chi connectivity index (χ1v) is 35.8. The fourth-order valence-corrected chi connectivity index (χ4v) is 15.2. The van der Waals surface area contributed by atoms with Gasteiger partial charge in [0.1, 0.15) is 17.6 Å². The van der Waals surface area contributed by atoms with Crippen LogP contribution in [0.4, 0.5) is 0 Å². The molecule has 5 aromatic heterocycles. The normalized spacial score (nSPS) is 19.2. The number of rotatable bonds is 24. The maximum absolute atomic E-state index is 13.3. The summed E-state index contributed by atoms with van der Waals surface area (Å²) in [5, 5.41) is 41.0. The minimum atomic E-state index is -0.727. The van der Waals surface area contributed by atoms with Gasteiger partial charge in [0.2, 0.25) is 23.6 Å². The highest BCUT2D eigenvalue weighted by atomic mass is 32.1. The van der Waals surface area contributed by atoms with Gasteiger partial charge in [0.25, 0.3) is 0 Å². The molecule has 0 saturated carbocycles. The van der Waals surface area contributed by atoms with Crippen molar-refractivity contribution in [1.29, 1.82) is 0 Å². The fourth-order valence-electron chi connectivity index (χ4n) is 12.8. The zero-order chi connectivity index (χ0) is 69.6. The minimum Gasteiger partial charge on any atom is -0.391 e. The van der Waals surface area contributed by atoms with Gasteiger partial charge in [-0.3, -0.25) is 33.6 Å². The maximum Gasteiger partial charge on any atom is 0.245 e. The molecular weight excluding hydrogens is 1290 g/mol. The average molecular weight is 1380 g/mol. The number of ketones is 3. The third-order valence-electron chi connectivity index (χ3n) is 18.1. The summed E-state index contributed by atoms with van der Waals surface area (Å²) in [4.78, 5) is 111. The number of carbonyl (C=O) groups is 7. The van der Waals surface area contributed by atoms with Gasteiger partial charge in [0.15, 0.2) is 17.3 Å². The Morgan fingerprint density at radius 3 is 1.19 bits per heavy atom. The third kappa shape index (κ3) is 18.7. The average Bonchev–Trinajstić information content (AvgIpc) is 1.71. The molecule has 8 aromatic rings. The Labute approximate surface area is 577 Å². The predicted octanol–water partition coefficient (Wildman–Crippen LogP) is 10.6. The first kappa shape index (κ1) is 73.0. The number of hydrogen-bond donors (Lipinski definition) is 4. The molecule has 4 N–H and O–H groups in total. The van der Waals surface area contributed by atoms with Crippen LogP contribution in [0.1, 0.15) is 154 Å². The van der Waals surface area contributed by atoms with Gasteiger partial charge in [-0.2, -0.15) is 0 Å². The largest absolute Gasteiger partial charge is 0.391 e. The minimum absolute atomic E-state index is 0.0223. The highest BCUT2D eigenvalue weighted by Gasteiger charge is 2.44. The van der Waals surface area contributed by atoms with Gasteiger partial charge >= 0.3 is 0 Å². The number of thiazole rings is 3. The number of aromatic nitrogens is 5. The van der Waals surface area contributed by atoms with Crippen molar-refractivity contribution < 1.29 is 57.9 Å². The summed E-state index contributed by atoms with van der Waals surface area (Å²) in [7, 11) is 0. The van der Waals surface area contributed by atoms with Crippen molar-refractivity contribution in [2.24, 2.45) is 0 Å². The van der Waals surface area contributed by atoms with Crippen LogP contribution in [0.5, 0.6) is 0 Å². The Morgan fingerprint density at radius 2 is 0.876 bits per heavy atom. The Morgan fingerprint density at radius 1 is 0.526 bits per heavy atom. The summed E-state index contributed by atoms with van der Waals surface area (Å²) in [6, 6.07) is 25.4. The smallest absolute Gasteiger partial charge is 0.245 e. The van der Waals surface area contributed by atoms with Gasteiger partial charge in [-0.25, -0.2) is 15.0 Å². The summed E-state index contributed by atoms with van der Waals surface area (Å²) in [6.45, 7) is 17.0. The van der Waals surface area contributed by atoms with E-state index in [1.54, 1.807) is 66.9 Å². The SMILES string of the molecule is CCC(C(=O)N1C[C@H](O)C[C@H]1C(=O)CCc1ccc(-c2scnc2C)cc1)c1cc(C)no1.CCC[C@H](NC(C)=O)C(=O)N1C[C@H](O)C[C@H]1C(=O)CCc1ccc(-c2scnc2C)cc1.Cc1cc([C@@H](C)C(=O)N2C[C@H](O)C[C@H]2C(=O)CCc2ccc(-c3scnc3C)cc2)on1. The molecule has 21 nitrogen and oxygen atoms in total. The predicted molar refractivity (Wildman–Crippen MR) is 372 cm³/mol. The quantitative estimate of drug-likeness (QED) is 0.0437. The highest BCUT2D eigenvalue weighted by Crippen LogP contribution is 2.34. The molecule has 0 radical (unpaired) electrons. The van der Waals surface area contributed by atoms with Gasteiger partial charge in [-0.05, 0) is 107 Å². The Balaban J connectivity index is 0.000000171. The van der Waals surface area contributed by atoms with E-state index < -0.39 is 54.3 Å². The zero-order valence-electron chi connectivity index (χ0n) is 56.4. The number of aliphatic hydroxyl groups excluding tert-OH is 3. The molecule has 0 spiro atoms. The van der Waals surface area contributed by atoms with E-state index in [1.807, 2.05) is 99.7 Å². The first-order valence-electron chi connectivity index (χ1n) is 33.2. The van der Waals surface area contributed by atoms with Crippen molar-refractivity contribution in [3.8, 4) is 31.3 Å². The number of aryl methyl sites for hydroxylation is 8. The fraction of sp³-hybridized carbons (Fsp3) is 0.452. The molecule has 3 aliphatic rings. The van der Waals surface area contributed by atoms with Crippen LogP contribution in [-0.4, -0.2) is 158 Å². The number of likely N-dealkylation sites (tertiary alicyclic amines) is 3. The van der Waals surface area contributed by atoms with Crippen molar-refractivity contribution in [1.82, 2.24) is 45.3 Å². The molecule has 9 atom stereocenters. The van der Waals surface area contributed by atoms with Crippen molar-refractivity contribution in [3.05, 3.63) is 158 Å². The zero-order valence-corrected chi connectivity index (χ0v) is 58.9. The van der Waals surface area contributed by atoms with Crippen molar-refractivity contribution >= 4 is 75.0 Å². The number of benzene rings is 3. The molecule has 4 amide bonds. The topological polar surface area (TPSA) is 293 Å². The summed E-state index contributed by atoms with van der Waals surface area (Å²) in [6.07, 6.45) is 3.11. The van der Waals surface area contributed by atoms with E-state index in [0.717, 1.165) is 71.5 Å². The van der Waals surface area contributed by atoms with Crippen LogP contribution in [0.3, 0.4) is 0 Å². The van der Waals surface area contributed by atoms with Gasteiger partial charge in [-0.15, -0.1) is 34.0 Å². The summed E-state index contributed by atoms with van der Waals surface area (Å²) in [5.41, 5.74) is 16.5. The molecule has 3 aromatic carbocycles. The van der Waals surface area contributed by atoms with Crippen LogP contribution in [0.15, 0.2) is 111 Å². The van der Waals surface area contributed by atoms with Crippen LogP contribution in [0.25, 0.3) is 31.3 Å². The lowest BCUT2D eigenvalue weighted by Crippen LogP contribution is -2.51. The number of aliphatic hydroxyl groups is 3. The maximum atomic E-state index is 13.3. The number of nitrogens with one attached hydrogen (secondary N) is 1. The number of amides is 4. The molecule has 3 fully saturated rings. The van der Waals surface area contributed by atoms with E-state index in [9.17, 15) is 48.9 Å². The first-order chi connectivity index (χ1) is 46.5. The molecule has 3 aliphatic heterocycles. The molecule has 0 bridgehead atoms. The van der Waals surface area contributed by atoms with E-state index >= 15 is 0 Å². The van der Waals surface area contributed by atoms with Gasteiger partial charge in [0, 0.05) is 77.2 Å². The van der Waals surface area contributed by atoms with Crippen LogP contribution >= 0.6 is 34.0 Å². The standard InChI is InChI=1S/C25H29N3O4S.C24H27N3O4S.C24H31N3O4S/c1-4-20(23-11-15(2)27-32-23)25(31)28-13-19(29)12-21(28)22(30)10-7-17-5-8-18(9-6-17)24-16(3)26-14-33-24;1-14-10-22(31-26-14)15(2)24(30)27-12-19(28)11-20(27)21(29)9-6-17-4-7-18(8-5-17)23-16(3)25-13-32-23;1-4-5-20(26-16(3)28)24(31)27-13-19(29)12-21(27)22(30)11-8-17-6-9-18(10-7-17)23-15(2)25-14-32-23/h5-6,8-9,11,14,19-21,29H,4,7,10,12-13H2,1-3H3;4-5,7-8,10,13,15,19-20,28H,6,9,11-12H2,1-3H3;6-7,9-10,14,19-21,29H,4-5,8,11-13H2,1-3H3,(H,26,28)/t19-,20?,21+;15-,19-,20+;19-,20+,21+/m111/s1. The van der Waals surface area contributed by atoms with Crippen LogP contribution in [0, 0.1) is 34.6 Å². The molecule has 24 heteroatoms. The number of Topliss-reactive ketones (excluding diaryl/α,β-unsaturated/α-hetero) is 3. The van der Waals surface area contributed by atoms with E-state index in [4.69, 9.17) is 9.05 Å². The van der Waals surface area contributed by atoms with Crippen molar-refractivity contribution in [2.45, 2.75) is 194 Å². The second kappa shape index (κ2) is 33.8. The monoisotopic (exact) mass is 1380 g/mol. The second-order valence-electron chi connectivity index (χ2n) is 25.4. The van der Waals surface area contributed by atoms with E-state index in [2.05, 4.69) is 54.8 Å². The lowest BCUT2D eigenvalue weighted by molar-refractivity contribution is -0.140. The molecule has 11 rings (SSSR count). The molecular formula is C73H87N9O12S3. The third-order valence-corrected chi connectivity index (χ3v) is 21.0. The second-order valence-corrected chi connectivity index (χ2v) is 28.0. The molecule has 8 heterocycles. The van der Waals surface area contributed by atoms with Crippen LogP contribution in [0.2, 0.25) is 0 Å². The number of carbonyl (C=O) groups excluding carboxylic acids is 7. The summed E-state index contributed by atoms with van der Waals surface area (Å²) >= 11 is 4.83. The molecule has 3 saturated heterocycles. The number of hydrogen-bond acceptors (Lipinski definition) is 20. The Kier molecular flexibility index (Phi) is 25.4. The van der Waals surface area contributed by atoms with Crippen molar-refractivity contribution in [3.63, 3.8) is 0 Å². The van der Waals surface area contributed by atoms with E-state index in [-0.39, 0.29) is 79.9 Å². The molecule has 514 valence electrons. The number of nitrogens with zero attached hydrogens (tertiary/aromatic N) is 8. The molecule has 97 heavy (non-hydrogen) atoms. The Hall–Kier alpha value is -8.26. The molecule has 0 aliphatic carbocycles. The van der Waals surface area contributed by atoms with Gasteiger partial charge in [0.05, 0.1) is 108 Å². The van der Waals surface area contributed by atoms with Gasteiger partial charge < -0.3 is 44.4 Å². The Bertz CT molecular complexity index is 3990. The lowest BCUT2D eigenvalue weighted by atomic mass is 9.98. The van der Waals surface area contributed by atoms with Crippen LogP contribution < -0.4 is 5.32 Å². The molecule has 1 unspecified atom stereocenters. The summed E-state index contributed by atoms with van der Waals surface area (Å²) in [5.74, 6) is -1.18. The summed E-state index contributed by atoms with van der Waals surface area (Å²) < 4.78 is 10.6. The highest BCUT2D eigenvalue weighted by molar-refractivity contribution is 7.14. The van der Waals surface area contributed by atoms with E-state index in [0.29, 0.717) is 74.3 Å². The van der Waals surface area contributed by atoms with Crippen LogP contribution in [-0.2, 0) is 52.8 Å². The van der Waals surface area contributed by atoms with Gasteiger partial charge in [-0.1, -0.05) is 103 Å². The lowest BCUT2D eigenvalue weighted by Gasteiger charge is -2.28. The number of β-amino-alcohol motifs (C(OH)–C–C–N with tert-alkyl or cyclic N) is 3. The van der Waals surface area contributed by atoms with Crippen molar-refractivity contribution in [2.75, 3.05) is 19.6 Å².